The minimum Gasteiger partial charge on any atom is -0.354 e. The number of likely N-dealkylation sites (tertiary alicyclic amines) is 1. The Balaban J connectivity index is 1.30. The van der Waals surface area contributed by atoms with Gasteiger partial charge >= 0.3 is 0 Å². The van der Waals surface area contributed by atoms with E-state index in [1.165, 1.54) is 49.7 Å². The zero-order chi connectivity index (χ0) is 19.1. The summed E-state index contributed by atoms with van der Waals surface area (Å²) in [5.41, 5.74) is 2.63. The monoisotopic (exact) mass is 380 g/mol. The van der Waals surface area contributed by atoms with E-state index in [4.69, 9.17) is 0 Å². The van der Waals surface area contributed by atoms with Gasteiger partial charge in [0.15, 0.2) is 0 Å². The van der Waals surface area contributed by atoms with E-state index in [0.717, 1.165) is 56.7 Å². The van der Waals surface area contributed by atoms with Crippen molar-refractivity contribution >= 4 is 5.91 Å². The van der Waals surface area contributed by atoms with Gasteiger partial charge in [0.25, 0.3) is 0 Å². The molecule has 1 heterocycles. The zero-order valence-electron chi connectivity index (χ0n) is 17.5. The van der Waals surface area contributed by atoms with Gasteiger partial charge in [0, 0.05) is 12.0 Å². The Morgan fingerprint density at radius 3 is 2.14 bits per heavy atom. The zero-order valence-corrected chi connectivity index (χ0v) is 17.5. The van der Waals surface area contributed by atoms with Crippen LogP contribution in [0.15, 0.2) is 24.3 Å². The molecule has 28 heavy (non-hydrogen) atoms. The van der Waals surface area contributed by atoms with Gasteiger partial charge in [0.1, 0.15) is 0 Å². The van der Waals surface area contributed by atoms with Gasteiger partial charge in [0.2, 0.25) is 5.91 Å². The summed E-state index contributed by atoms with van der Waals surface area (Å²) in [5.74, 6) is 2.85. The molecule has 3 nitrogen and oxygen atoms in total. The summed E-state index contributed by atoms with van der Waals surface area (Å²) in [7, 11) is 0. The Labute approximate surface area is 170 Å². The Bertz CT molecular complexity index is 668. The van der Waals surface area contributed by atoms with Gasteiger partial charge < -0.3 is 5.32 Å². The smallest absolute Gasteiger partial charge is 0.226 e. The summed E-state index contributed by atoms with van der Waals surface area (Å²) in [5, 5.41) is 3.47. The summed E-state index contributed by atoms with van der Waals surface area (Å²) in [6, 6.07) is 9.29. The van der Waals surface area contributed by atoms with Crippen LogP contribution in [0.1, 0.15) is 75.0 Å². The molecular weight excluding hydrogens is 344 g/mol. The van der Waals surface area contributed by atoms with Gasteiger partial charge in [-0.3, -0.25) is 9.69 Å². The molecule has 0 spiro atoms. The van der Waals surface area contributed by atoms with Gasteiger partial charge in [-0.1, -0.05) is 36.2 Å². The molecule has 4 aliphatic carbocycles. The van der Waals surface area contributed by atoms with Crippen molar-refractivity contribution in [3.05, 3.63) is 35.4 Å². The molecule has 0 radical (unpaired) electrons. The first-order chi connectivity index (χ1) is 13.6. The Hall–Kier alpha value is -1.35. The van der Waals surface area contributed by atoms with Crippen LogP contribution in [-0.4, -0.2) is 30.4 Å². The average Bonchev–Trinajstić information content (AvgIpc) is 2.69. The molecule has 0 aromatic heterocycles. The van der Waals surface area contributed by atoms with E-state index in [1.807, 2.05) is 0 Å². The third-order valence-electron chi connectivity index (χ3n) is 8.27. The molecule has 0 unspecified atom stereocenters. The second-order valence-corrected chi connectivity index (χ2v) is 10.4. The lowest BCUT2D eigenvalue weighted by Crippen LogP contribution is -2.54. The molecule has 1 amide bonds. The topological polar surface area (TPSA) is 32.3 Å². The third kappa shape index (κ3) is 3.51. The number of amides is 1. The van der Waals surface area contributed by atoms with Crippen LogP contribution in [0.3, 0.4) is 0 Å². The van der Waals surface area contributed by atoms with Crippen molar-refractivity contribution in [2.45, 2.75) is 70.8 Å². The summed E-state index contributed by atoms with van der Waals surface area (Å²) in [6.07, 6.45) is 11.6. The van der Waals surface area contributed by atoms with Crippen molar-refractivity contribution in [3.63, 3.8) is 0 Å². The minimum absolute atomic E-state index is 0.0333. The molecule has 3 heteroatoms. The molecule has 152 valence electrons. The third-order valence-corrected chi connectivity index (χ3v) is 8.27. The van der Waals surface area contributed by atoms with E-state index < -0.39 is 0 Å². The molecular formula is C25H36N2O. The molecule has 5 aliphatic rings. The largest absolute Gasteiger partial charge is 0.354 e. The highest BCUT2D eigenvalue weighted by molar-refractivity contribution is 5.83. The second kappa shape index (κ2) is 7.48. The summed E-state index contributed by atoms with van der Waals surface area (Å²) >= 11 is 0. The number of nitrogens with one attached hydrogen (secondary N) is 1. The molecule has 4 bridgehead atoms. The first-order valence-corrected chi connectivity index (χ1v) is 11.7. The highest BCUT2D eigenvalue weighted by Gasteiger charge is 2.54. The van der Waals surface area contributed by atoms with Crippen LogP contribution in [0.2, 0.25) is 0 Å². The van der Waals surface area contributed by atoms with Crippen LogP contribution in [0.5, 0.6) is 0 Å². The number of benzene rings is 1. The summed E-state index contributed by atoms with van der Waals surface area (Å²) < 4.78 is 0. The van der Waals surface area contributed by atoms with Crippen molar-refractivity contribution in [1.29, 1.82) is 0 Å². The van der Waals surface area contributed by atoms with Gasteiger partial charge in [-0.05, 0) is 94.7 Å². The van der Waals surface area contributed by atoms with Crippen molar-refractivity contribution in [2.75, 3.05) is 19.6 Å². The van der Waals surface area contributed by atoms with E-state index >= 15 is 0 Å². The molecule has 1 N–H and O–H groups in total. The lowest BCUT2D eigenvalue weighted by molar-refractivity contribution is -0.146. The van der Waals surface area contributed by atoms with E-state index in [1.54, 1.807) is 0 Å². The molecule has 5 fully saturated rings. The van der Waals surface area contributed by atoms with Crippen LogP contribution < -0.4 is 5.32 Å². The molecule has 1 saturated heterocycles. The Kier molecular flexibility index (Phi) is 4.99. The number of hydrogen-bond donors (Lipinski definition) is 1. The quantitative estimate of drug-likeness (QED) is 0.791. The predicted octanol–water partition coefficient (Wildman–Crippen LogP) is 4.85. The average molecular weight is 381 g/mol. The highest BCUT2D eigenvalue weighted by atomic mass is 16.2. The lowest BCUT2D eigenvalue weighted by atomic mass is 9.49. The lowest BCUT2D eigenvalue weighted by Gasteiger charge is -2.55. The van der Waals surface area contributed by atoms with Gasteiger partial charge in [-0.15, -0.1) is 0 Å². The van der Waals surface area contributed by atoms with Crippen molar-refractivity contribution in [2.24, 2.45) is 23.2 Å². The first kappa shape index (κ1) is 18.7. The number of carbonyl (C=O) groups excluding carboxylic acids is 1. The second-order valence-electron chi connectivity index (χ2n) is 10.4. The van der Waals surface area contributed by atoms with Crippen LogP contribution in [0.25, 0.3) is 0 Å². The van der Waals surface area contributed by atoms with E-state index in [2.05, 4.69) is 41.4 Å². The maximum Gasteiger partial charge on any atom is 0.226 e. The van der Waals surface area contributed by atoms with Gasteiger partial charge in [-0.2, -0.15) is 0 Å². The normalized spacial score (nSPS) is 35.7. The van der Waals surface area contributed by atoms with E-state index in [0.29, 0.717) is 11.9 Å². The number of rotatable bonds is 5. The molecule has 1 aromatic rings. The maximum atomic E-state index is 13.4. The van der Waals surface area contributed by atoms with E-state index in [-0.39, 0.29) is 5.41 Å². The molecule has 1 aromatic carbocycles. The predicted molar refractivity (Wildman–Crippen MR) is 113 cm³/mol. The maximum absolute atomic E-state index is 13.4. The number of piperidine rings is 1. The van der Waals surface area contributed by atoms with Crippen molar-refractivity contribution in [3.8, 4) is 0 Å². The fraction of sp³-hybridized carbons (Fsp3) is 0.720. The number of carbonyl (C=O) groups is 1. The van der Waals surface area contributed by atoms with E-state index in [9.17, 15) is 4.79 Å². The highest BCUT2D eigenvalue weighted by Crippen LogP contribution is 2.60. The van der Waals surface area contributed by atoms with Gasteiger partial charge in [0.05, 0.1) is 6.04 Å². The van der Waals surface area contributed by atoms with Crippen LogP contribution in [-0.2, 0) is 4.79 Å². The molecule has 1 atom stereocenters. The number of aryl methyl sites for hydroxylation is 1. The molecule has 1 aliphatic heterocycles. The SMILES string of the molecule is Cc1ccc([C@@H](CNC(=O)C23CC4CC(CC(C4)C2)C3)N2CCCCC2)cc1. The van der Waals surface area contributed by atoms with Crippen LogP contribution in [0.4, 0.5) is 0 Å². The number of hydrogen-bond acceptors (Lipinski definition) is 2. The summed E-state index contributed by atoms with van der Waals surface area (Å²) in [6.45, 7) is 5.23. The van der Waals surface area contributed by atoms with Gasteiger partial charge in [-0.25, -0.2) is 0 Å². The van der Waals surface area contributed by atoms with Crippen LogP contribution in [0, 0.1) is 30.1 Å². The minimum atomic E-state index is -0.0333. The standard InChI is InChI=1S/C25H36N2O/c1-18-5-7-22(8-6-18)23(27-9-3-2-4-10-27)17-26-24(28)25-14-19-11-20(15-25)13-21(12-19)16-25/h5-8,19-21,23H,2-4,9-17H2,1H3,(H,26,28)/t19?,20?,21?,23-,25?/m1/s1. The Morgan fingerprint density at radius 1 is 1.00 bits per heavy atom. The first-order valence-electron chi connectivity index (χ1n) is 11.7. The van der Waals surface area contributed by atoms with Crippen molar-refractivity contribution in [1.82, 2.24) is 10.2 Å². The fourth-order valence-electron chi connectivity index (χ4n) is 7.24. The molecule has 4 saturated carbocycles. The summed E-state index contributed by atoms with van der Waals surface area (Å²) in [4.78, 5) is 16.0. The van der Waals surface area contributed by atoms with Crippen molar-refractivity contribution < 1.29 is 4.79 Å². The van der Waals surface area contributed by atoms with Crippen LogP contribution >= 0.6 is 0 Å². The Morgan fingerprint density at radius 2 is 1.57 bits per heavy atom. The fourth-order valence-corrected chi connectivity index (χ4v) is 7.24. The molecule has 6 rings (SSSR count). The number of nitrogens with zero attached hydrogens (tertiary/aromatic N) is 1.